The van der Waals surface area contributed by atoms with Crippen LogP contribution in [-0.4, -0.2) is 39.9 Å². The lowest BCUT2D eigenvalue weighted by Crippen LogP contribution is -2.49. The number of amides is 2. The smallest absolute Gasteiger partial charge is 0.320 e. The van der Waals surface area contributed by atoms with Gasteiger partial charge in [0, 0.05) is 32.4 Å². The first-order valence-corrected chi connectivity index (χ1v) is 7.53. The van der Waals surface area contributed by atoms with Gasteiger partial charge in [0.1, 0.15) is 11.6 Å². The van der Waals surface area contributed by atoms with Crippen molar-refractivity contribution in [2.45, 2.75) is 18.9 Å². The van der Waals surface area contributed by atoms with Gasteiger partial charge in [-0.1, -0.05) is 0 Å². The SMILES string of the molecule is Cn1cc(N2CCCC(NC(=O)Nc3ccc(F)cn3)C2)cn1. The van der Waals surface area contributed by atoms with Gasteiger partial charge in [0.05, 0.1) is 18.1 Å². The Balaban J connectivity index is 1.54. The number of urea groups is 1. The maximum Gasteiger partial charge on any atom is 0.320 e. The zero-order valence-electron chi connectivity index (χ0n) is 12.9. The fourth-order valence-corrected chi connectivity index (χ4v) is 2.69. The Morgan fingerprint density at radius 1 is 1.39 bits per heavy atom. The average molecular weight is 318 g/mol. The van der Waals surface area contributed by atoms with Crippen LogP contribution in [-0.2, 0) is 7.05 Å². The molecule has 3 heterocycles. The third kappa shape index (κ3) is 3.97. The van der Waals surface area contributed by atoms with E-state index in [9.17, 15) is 9.18 Å². The van der Waals surface area contributed by atoms with E-state index < -0.39 is 5.82 Å². The number of carbonyl (C=O) groups is 1. The van der Waals surface area contributed by atoms with Crippen molar-refractivity contribution in [2.75, 3.05) is 23.3 Å². The van der Waals surface area contributed by atoms with Crippen molar-refractivity contribution in [1.29, 1.82) is 0 Å². The predicted octanol–water partition coefficient (Wildman–Crippen LogP) is 1.74. The summed E-state index contributed by atoms with van der Waals surface area (Å²) in [5.41, 5.74) is 1.06. The highest BCUT2D eigenvalue weighted by Crippen LogP contribution is 2.19. The number of nitrogens with zero attached hydrogens (tertiary/aromatic N) is 4. The number of piperidine rings is 1. The molecule has 0 spiro atoms. The monoisotopic (exact) mass is 318 g/mol. The number of pyridine rings is 1. The van der Waals surface area contributed by atoms with Crippen LogP contribution in [0.5, 0.6) is 0 Å². The van der Waals surface area contributed by atoms with Gasteiger partial charge in [-0.2, -0.15) is 5.10 Å². The minimum atomic E-state index is -0.435. The van der Waals surface area contributed by atoms with E-state index >= 15 is 0 Å². The molecule has 0 bridgehead atoms. The van der Waals surface area contributed by atoms with Crippen LogP contribution in [0, 0.1) is 5.82 Å². The average Bonchev–Trinajstić information content (AvgIpc) is 2.96. The topological polar surface area (TPSA) is 75.1 Å². The summed E-state index contributed by atoms with van der Waals surface area (Å²) >= 11 is 0. The van der Waals surface area contributed by atoms with Crippen molar-refractivity contribution in [3.63, 3.8) is 0 Å². The van der Waals surface area contributed by atoms with E-state index in [1.165, 1.54) is 12.1 Å². The number of anilines is 2. The molecule has 122 valence electrons. The molecule has 0 aromatic carbocycles. The summed E-state index contributed by atoms with van der Waals surface area (Å²) in [6, 6.07) is 2.40. The van der Waals surface area contributed by atoms with Crippen molar-refractivity contribution in [2.24, 2.45) is 7.05 Å². The molecule has 2 aromatic rings. The number of hydrogen-bond donors (Lipinski definition) is 2. The Morgan fingerprint density at radius 3 is 2.96 bits per heavy atom. The zero-order chi connectivity index (χ0) is 16.2. The second-order valence-electron chi connectivity index (χ2n) is 5.62. The quantitative estimate of drug-likeness (QED) is 0.904. The molecule has 0 saturated carbocycles. The Kier molecular flexibility index (Phi) is 4.40. The number of rotatable bonds is 3. The number of aromatic nitrogens is 3. The fraction of sp³-hybridized carbons (Fsp3) is 0.400. The van der Waals surface area contributed by atoms with Crippen molar-refractivity contribution < 1.29 is 9.18 Å². The summed E-state index contributed by atoms with van der Waals surface area (Å²) in [7, 11) is 1.88. The first-order chi connectivity index (χ1) is 11.1. The van der Waals surface area contributed by atoms with Crippen molar-refractivity contribution in [3.8, 4) is 0 Å². The van der Waals surface area contributed by atoms with Gasteiger partial charge in [0.2, 0.25) is 0 Å². The normalized spacial score (nSPS) is 17.8. The molecule has 1 unspecified atom stereocenters. The summed E-state index contributed by atoms with van der Waals surface area (Å²) in [6.07, 6.45) is 6.77. The summed E-state index contributed by atoms with van der Waals surface area (Å²) < 4.78 is 14.6. The van der Waals surface area contributed by atoms with Gasteiger partial charge in [-0.05, 0) is 25.0 Å². The largest absolute Gasteiger partial charge is 0.367 e. The van der Waals surface area contributed by atoms with Crippen LogP contribution >= 0.6 is 0 Å². The summed E-state index contributed by atoms with van der Waals surface area (Å²) in [4.78, 5) is 18.0. The number of nitrogens with one attached hydrogen (secondary N) is 2. The molecule has 1 aliphatic heterocycles. The molecule has 1 fully saturated rings. The van der Waals surface area contributed by atoms with Crippen molar-refractivity contribution >= 4 is 17.5 Å². The van der Waals surface area contributed by atoms with Crippen molar-refractivity contribution in [1.82, 2.24) is 20.1 Å². The van der Waals surface area contributed by atoms with E-state index in [0.717, 1.165) is 37.8 Å². The molecular formula is C15H19FN6O. The summed E-state index contributed by atoms with van der Waals surface area (Å²) in [5, 5.41) is 9.73. The first-order valence-electron chi connectivity index (χ1n) is 7.53. The Bertz CT molecular complexity index is 671. The van der Waals surface area contributed by atoms with Crippen molar-refractivity contribution in [3.05, 3.63) is 36.5 Å². The summed E-state index contributed by atoms with van der Waals surface area (Å²) in [5.74, 6) is -0.112. The van der Waals surface area contributed by atoms with E-state index in [1.807, 2.05) is 19.4 Å². The van der Waals surface area contributed by atoms with Gasteiger partial charge in [0.25, 0.3) is 0 Å². The number of hydrogen-bond acceptors (Lipinski definition) is 4. The van der Waals surface area contributed by atoms with Crippen LogP contribution in [0.25, 0.3) is 0 Å². The van der Waals surface area contributed by atoms with E-state index in [-0.39, 0.29) is 12.1 Å². The maximum absolute atomic E-state index is 12.8. The maximum atomic E-state index is 12.8. The molecule has 7 nitrogen and oxygen atoms in total. The number of halogens is 1. The van der Waals surface area contributed by atoms with Gasteiger partial charge >= 0.3 is 6.03 Å². The second kappa shape index (κ2) is 6.64. The molecule has 3 rings (SSSR count). The molecule has 1 atom stereocenters. The van der Waals surface area contributed by atoms with Gasteiger partial charge in [-0.15, -0.1) is 0 Å². The minimum absolute atomic E-state index is 0.0457. The van der Waals surface area contributed by atoms with Gasteiger partial charge in [-0.25, -0.2) is 14.2 Å². The Hall–Kier alpha value is -2.64. The van der Waals surface area contributed by atoms with Crippen LogP contribution < -0.4 is 15.5 Å². The third-order valence-electron chi connectivity index (χ3n) is 3.78. The highest BCUT2D eigenvalue weighted by atomic mass is 19.1. The molecule has 1 aliphatic rings. The fourth-order valence-electron chi connectivity index (χ4n) is 2.69. The molecule has 2 amide bonds. The molecular weight excluding hydrogens is 299 g/mol. The lowest BCUT2D eigenvalue weighted by atomic mass is 10.1. The van der Waals surface area contributed by atoms with E-state index in [1.54, 1.807) is 4.68 Å². The van der Waals surface area contributed by atoms with Crippen LogP contribution in [0.2, 0.25) is 0 Å². The van der Waals surface area contributed by atoms with Crippen LogP contribution in [0.15, 0.2) is 30.7 Å². The predicted molar refractivity (Wildman–Crippen MR) is 84.8 cm³/mol. The molecule has 8 heteroatoms. The highest BCUT2D eigenvalue weighted by Gasteiger charge is 2.22. The van der Waals surface area contributed by atoms with E-state index in [4.69, 9.17) is 0 Å². The molecule has 2 N–H and O–H groups in total. The number of carbonyl (C=O) groups excluding carboxylic acids is 1. The molecule has 23 heavy (non-hydrogen) atoms. The number of aryl methyl sites for hydroxylation is 1. The molecule has 0 radical (unpaired) electrons. The Labute approximate surface area is 133 Å². The Morgan fingerprint density at radius 2 is 2.26 bits per heavy atom. The standard InChI is InChI=1S/C15H19FN6O/c1-21-10-13(8-18-21)22-6-2-3-12(9-22)19-15(23)20-14-5-4-11(16)7-17-14/h4-5,7-8,10,12H,2-3,6,9H2,1H3,(H2,17,19,20,23). The zero-order valence-corrected chi connectivity index (χ0v) is 12.9. The summed E-state index contributed by atoms with van der Waals surface area (Å²) in [6.45, 7) is 1.68. The molecule has 1 saturated heterocycles. The third-order valence-corrected chi connectivity index (χ3v) is 3.78. The second-order valence-corrected chi connectivity index (χ2v) is 5.62. The molecule has 0 aliphatic carbocycles. The van der Waals surface area contributed by atoms with Crippen LogP contribution in [0.4, 0.5) is 20.7 Å². The lowest BCUT2D eigenvalue weighted by Gasteiger charge is -2.33. The molecule has 2 aromatic heterocycles. The van der Waals surface area contributed by atoms with Crippen LogP contribution in [0.1, 0.15) is 12.8 Å². The van der Waals surface area contributed by atoms with E-state index in [0.29, 0.717) is 5.82 Å². The van der Waals surface area contributed by atoms with Gasteiger partial charge in [0.15, 0.2) is 0 Å². The van der Waals surface area contributed by atoms with Crippen LogP contribution in [0.3, 0.4) is 0 Å². The first kappa shape index (κ1) is 15.3. The minimum Gasteiger partial charge on any atom is -0.367 e. The lowest BCUT2D eigenvalue weighted by molar-refractivity contribution is 0.246. The van der Waals surface area contributed by atoms with E-state index in [2.05, 4.69) is 25.6 Å². The van der Waals surface area contributed by atoms with Gasteiger partial charge in [-0.3, -0.25) is 10.00 Å². The highest BCUT2D eigenvalue weighted by molar-refractivity contribution is 5.88. The van der Waals surface area contributed by atoms with Gasteiger partial charge < -0.3 is 10.2 Å².